The zero-order chi connectivity index (χ0) is 12.4. The molecule has 0 aliphatic carbocycles. The Balaban J connectivity index is 2.09. The van der Waals surface area contributed by atoms with Crippen LogP contribution < -0.4 is 11.5 Å². The van der Waals surface area contributed by atoms with E-state index in [1.165, 1.54) is 5.56 Å². The molecule has 1 atom stereocenters. The highest BCUT2D eigenvalue weighted by molar-refractivity contribution is 5.93. The highest BCUT2D eigenvalue weighted by atomic mass is 16.1. The Morgan fingerprint density at radius 2 is 2.29 bits per heavy atom. The van der Waals surface area contributed by atoms with Gasteiger partial charge in [0.2, 0.25) is 5.91 Å². The molecule has 0 bridgehead atoms. The molecule has 4 heteroatoms. The van der Waals surface area contributed by atoms with E-state index in [1.807, 2.05) is 19.1 Å². The largest absolute Gasteiger partial charge is 0.366 e. The van der Waals surface area contributed by atoms with Gasteiger partial charge in [0.05, 0.1) is 0 Å². The van der Waals surface area contributed by atoms with E-state index in [0.29, 0.717) is 11.6 Å². The fourth-order valence-electron chi connectivity index (χ4n) is 2.27. The van der Waals surface area contributed by atoms with Gasteiger partial charge >= 0.3 is 0 Å². The van der Waals surface area contributed by atoms with Crippen LogP contribution in [0.5, 0.6) is 0 Å². The second-order valence-electron chi connectivity index (χ2n) is 4.79. The van der Waals surface area contributed by atoms with Crippen molar-refractivity contribution in [2.45, 2.75) is 25.9 Å². The Hall–Kier alpha value is -1.39. The van der Waals surface area contributed by atoms with Crippen LogP contribution in [0.3, 0.4) is 0 Å². The number of carbonyl (C=O) groups excluding carboxylic acids is 1. The van der Waals surface area contributed by atoms with Gasteiger partial charge in [-0.3, -0.25) is 9.69 Å². The van der Waals surface area contributed by atoms with Crippen LogP contribution in [-0.2, 0) is 6.54 Å². The molecule has 1 saturated heterocycles. The van der Waals surface area contributed by atoms with E-state index in [0.717, 1.165) is 31.6 Å². The van der Waals surface area contributed by atoms with Crippen molar-refractivity contribution in [2.75, 3.05) is 13.1 Å². The molecule has 2 rings (SSSR count). The van der Waals surface area contributed by atoms with Crippen molar-refractivity contribution in [3.63, 3.8) is 0 Å². The maximum atomic E-state index is 11.0. The van der Waals surface area contributed by atoms with Crippen LogP contribution in [0.15, 0.2) is 18.2 Å². The number of hydrogen-bond donors (Lipinski definition) is 2. The summed E-state index contributed by atoms with van der Waals surface area (Å²) in [5, 5.41) is 0. The fraction of sp³-hybridized carbons (Fsp3) is 0.462. The van der Waals surface area contributed by atoms with Crippen molar-refractivity contribution < 1.29 is 4.79 Å². The molecule has 0 radical (unpaired) electrons. The lowest BCUT2D eigenvalue weighted by Gasteiger charge is -2.17. The van der Waals surface area contributed by atoms with Crippen molar-refractivity contribution in [3.05, 3.63) is 34.9 Å². The first-order valence-corrected chi connectivity index (χ1v) is 5.93. The number of aryl methyl sites for hydroxylation is 1. The third kappa shape index (κ3) is 2.84. The molecule has 1 aromatic carbocycles. The van der Waals surface area contributed by atoms with Crippen molar-refractivity contribution >= 4 is 5.91 Å². The number of carbonyl (C=O) groups is 1. The molecule has 1 fully saturated rings. The average molecular weight is 233 g/mol. The van der Waals surface area contributed by atoms with Gasteiger partial charge < -0.3 is 11.5 Å². The maximum absolute atomic E-state index is 11.0. The van der Waals surface area contributed by atoms with Crippen molar-refractivity contribution in [2.24, 2.45) is 11.5 Å². The number of rotatable bonds is 3. The lowest BCUT2D eigenvalue weighted by Crippen LogP contribution is -2.26. The summed E-state index contributed by atoms with van der Waals surface area (Å²) >= 11 is 0. The number of likely N-dealkylation sites (tertiary alicyclic amines) is 1. The van der Waals surface area contributed by atoms with Crippen LogP contribution in [-0.4, -0.2) is 29.9 Å². The second-order valence-corrected chi connectivity index (χ2v) is 4.79. The smallest absolute Gasteiger partial charge is 0.248 e. The minimum atomic E-state index is -0.372. The Labute approximate surface area is 102 Å². The Kier molecular flexibility index (Phi) is 3.45. The summed E-state index contributed by atoms with van der Waals surface area (Å²) in [4.78, 5) is 13.4. The zero-order valence-electron chi connectivity index (χ0n) is 10.1. The van der Waals surface area contributed by atoms with Crippen LogP contribution in [0, 0.1) is 6.92 Å². The van der Waals surface area contributed by atoms with Crippen LogP contribution in [0.4, 0.5) is 0 Å². The summed E-state index contributed by atoms with van der Waals surface area (Å²) in [6.45, 7) is 4.92. The Morgan fingerprint density at radius 1 is 1.53 bits per heavy atom. The molecule has 1 aliphatic heterocycles. The van der Waals surface area contributed by atoms with Gasteiger partial charge in [0.15, 0.2) is 0 Å². The number of amides is 1. The molecule has 92 valence electrons. The van der Waals surface area contributed by atoms with Gasteiger partial charge in [0, 0.05) is 31.2 Å². The minimum absolute atomic E-state index is 0.306. The van der Waals surface area contributed by atoms with Gasteiger partial charge in [-0.15, -0.1) is 0 Å². The van der Waals surface area contributed by atoms with E-state index >= 15 is 0 Å². The van der Waals surface area contributed by atoms with Gasteiger partial charge in [0.25, 0.3) is 0 Å². The number of nitrogens with zero attached hydrogens (tertiary/aromatic N) is 1. The van der Waals surface area contributed by atoms with Crippen LogP contribution in [0.1, 0.15) is 27.9 Å². The Bertz CT molecular complexity index is 431. The number of nitrogens with two attached hydrogens (primary N) is 2. The maximum Gasteiger partial charge on any atom is 0.248 e. The number of primary amides is 1. The van der Waals surface area contributed by atoms with E-state index in [2.05, 4.69) is 4.90 Å². The predicted octanol–water partition coefficient (Wildman–Crippen LogP) is 0.627. The summed E-state index contributed by atoms with van der Waals surface area (Å²) in [5.41, 5.74) is 14.1. The lowest BCUT2D eigenvalue weighted by atomic mass is 10.0. The molecular formula is C13H19N3O. The van der Waals surface area contributed by atoms with Gasteiger partial charge in [-0.1, -0.05) is 6.07 Å². The summed E-state index contributed by atoms with van der Waals surface area (Å²) in [7, 11) is 0. The SMILES string of the molecule is Cc1cc(C(N)=O)ccc1CN1CC[C@H](N)C1. The average Bonchev–Trinajstić information content (AvgIpc) is 2.67. The minimum Gasteiger partial charge on any atom is -0.366 e. The Morgan fingerprint density at radius 3 is 2.82 bits per heavy atom. The van der Waals surface area contributed by atoms with Gasteiger partial charge in [-0.25, -0.2) is 0 Å². The van der Waals surface area contributed by atoms with E-state index in [-0.39, 0.29) is 5.91 Å². The molecule has 0 spiro atoms. The van der Waals surface area contributed by atoms with Crippen molar-refractivity contribution in [1.29, 1.82) is 0 Å². The third-order valence-corrected chi connectivity index (χ3v) is 3.33. The summed E-state index contributed by atoms with van der Waals surface area (Å²) in [6.07, 6.45) is 1.07. The topological polar surface area (TPSA) is 72.4 Å². The molecule has 17 heavy (non-hydrogen) atoms. The molecule has 1 aromatic rings. The normalized spacial score (nSPS) is 20.7. The van der Waals surface area contributed by atoms with Crippen LogP contribution >= 0.6 is 0 Å². The molecule has 1 heterocycles. The first kappa shape index (κ1) is 12.1. The molecule has 0 unspecified atom stereocenters. The van der Waals surface area contributed by atoms with E-state index < -0.39 is 0 Å². The highest BCUT2D eigenvalue weighted by Gasteiger charge is 2.19. The second kappa shape index (κ2) is 4.85. The molecule has 1 amide bonds. The summed E-state index contributed by atoms with van der Waals surface area (Å²) < 4.78 is 0. The molecule has 0 aromatic heterocycles. The summed E-state index contributed by atoms with van der Waals surface area (Å²) in [5.74, 6) is -0.372. The van der Waals surface area contributed by atoms with Gasteiger partial charge in [-0.05, 0) is 36.6 Å². The first-order chi connectivity index (χ1) is 8.06. The van der Waals surface area contributed by atoms with Gasteiger partial charge in [-0.2, -0.15) is 0 Å². The van der Waals surface area contributed by atoms with E-state index in [9.17, 15) is 4.79 Å². The lowest BCUT2D eigenvalue weighted by molar-refractivity contribution is 0.1000. The van der Waals surface area contributed by atoms with Crippen LogP contribution in [0.25, 0.3) is 0 Å². The molecule has 1 aliphatic rings. The molecular weight excluding hydrogens is 214 g/mol. The fourth-order valence-corrected chi connectivity index (χ4v) is 2.27. The van der Waals surface area contributed by atoms with E-state index in [1.54, 1.807) is 6.07 Å². The zero-order valence-corrected chi connectivity index (χ0v) is 10.1. The van der Waals surface area contributed by atoms with Crippen LogP contribution in [0.2, 0.25) is 0 Å². The number of hydrogen-bond acceptors (Lipinski definition) is 3. The van der Waals surface area contributed by atoms with E-state index in [4.69, 9.17) is 11.5 Å². The highest BCUT2D eigenvalue weighted by Crippen LogP contribution is 2.16. The quantitative estimate of drug-likeness (QED) is 0.804. The third-order valence-electron chi connectivity index (χ3n) is 3.33. The number of benzene rings is 1. The predicted molar refractivity (Wildman–Crippen MR) is 67.6 cm³/mol. The van der Waals surface area contributed by atoms with Crippen molar-refractivity contribution in [1.82, 2.24) is 4.90 Å². The van der Waals surface area contributed by atoms with Gasteiger partial charge in [0.1, 0.15) is 0 Å². The molecule has 4 nitrogen and oxygen atoms in total. The van der Waals surface area contributed by atoms with Crippen molar-refractivity contribution in [3.8, 4) is 0 Å². The molecule has 0 saturated carbocycles. The molecule has 4 N–H and O–H groups in total. The first-order valence-electron chi connectivity index (χ1n) is 5.93. The monoisotopic (exact) mass is 233 g/mol. The standard InChI is InChI=1S/C13H19N3O/c1-9-6-10(13(15)17)2-3-11(9)7-16-5-4-12(14)8-16/h2-3,6,12H,4-5,7-8,14H2,1H3,(H2,15,17)/t12-/m0/s1. The summed E-state index contributed by atoms with van der Waals surface area (Å²) in [6, 6.07) is 5.94.